The average Bonchev–Trinajstić information content (AvgIpc) is 2.57. The number of carbonyl (C=O) groups excluding carboxylic acids is 3. The van der Waals surface area contributed by atoms with Crippen LogP contribution in [0.1, 0.15) is 30.1 Å². The van der Waals surface area contributed by atoms with Crippen molar-refractivity contribution >= 4 is 28.6 Å². The molecule has 0 aliphatic carbocycles. The number of nitrogens with zero attached hydrogens (tertiary/aromatic N) is 1. The maximum absolute atomic E-state index is 12.3. The highest BCUT2D eigenvalue weighted by molar-refractivity contribution is 5.99. The molecular formula is C17H18N2O4. The molecule has 0 spiro atoms. The van der Waals surface area contributed by atoms with Gasteiger partial charge in [-0.05, 0) is 25.5 Å². The van der Waals surface area contributed by atoms with Crippen molar-refractivity contribution < 1.29 is 19.1 Å². The summed E-state index contributed by atoms with van der Waals surface area (Å²) in [7, 11) is 1.24. The van der Waals surface area contributed by atoms with Crippen molar-refractivity contribution in [3.05, 3.63) is 42.1 Å². The van der Waals surface area contributed by atoms with Gasteiger partial charge in [0, 0.05) is 18.0 Å². The van der Waals surface area contributed by atoms with Gasteiger partial charge in [0.05, 0.1) is 18.2 Å². The van der Waals surface area contributed by atoms with E-state index in [4.69, 9.17) is 0 Å². The molecule has 1 atom stereocenters. The van der Waals surface area contributed by atoms with Crippen LogP contribution < -0.4 is 5.32 Å². The van der Waals surface area contributed by atoms with Crippen molar-refractivity contribution in [2.45, 2.75) is 25.8 Å². The topological polar surface area (TPSA) is 85.4 Å². The molecule has 0 unspecified atom stereocenters. The summed E-state index contributed by atoms with van der Waals surface area (Å²) in [5, 5.41) is 3.43. The Bertz CT molecular complexity index is 742. The molecule has 1 heterocycles. The number of para-hydroxylation sites is 1. The fourth-order valence-corrected chi connectivity index (χ4v) is 2.18. The largest absolute Gasteiger partial charge is 0.467 e. The monoisotopic (exact) mass is 314 g/mol. The van der Waals surface area contributed by atoms with Crippen molar-refractivity contribution in [1.29, 1.82) is 0 Å². The first kappa shape index (κ1) is 16.6. The van der Waals surface area contributed by atoms with Crippen molar-refractivity contribution in [3.8, 4) is 0 Å². The quantitative estimate of drug-likeness (QED) is 0.823. The van der Waals surface area contributed by atoms with Crippen LogP contribution in [0, 0.1) is 0 Å². The average molecular weight is 314 g/mol. The van der Waals surface area contributed by atoms with E-state index >= 15 is 0 Å². The Morgan fingerprint density at radius 1 is 1.26 bits per heavy atom. The zero-order valence-corrected chi connectivity index (χ0v) is 13.0. The highest BCUT2D eigenvalue weighted by Crippen LogP contribution is 2.13. The molecule has 6 nitrogen and oxygen atoms in total. The Balaban J connectivity index is 2.15. The molecule has 1 N–H and O–H groups in total. The molecule has 0 fully saturated rings. The number of ether oxygens (including phenoxy) is 1. The fraction of sp³-hybridized carbons (Fsp3) is 0.294. The van der Waals surface area contributed by atoms with Crippen LogP contribution in [0.25, 0.3) is 10.9 Å². The zero-order valence-electron chi connectivity index (χ0n) is 13.0. The number of Topliss-reactive ketones (excluding diaryl/α,β-unsaturated/α-hetero) is 1. The van der Waals surface area contributed by atoms with Crippen LogP contribution in [0.5, 0.6) is 0 Å². The predicted molar refractivity (Wildman–Crippen MR) is 84.9 cm³/mol. The highest BCUT2D eigenvalue weighted by atomic mass is 16.5. The van der Waals surface area contributed by atoms with Crippen LogP contribution in [0.2, 0.25) is 0 Å². The number of hydrogen-bond acceptors (Lipinski definition) is 5. The molecule has 6 heteroatoms. The minimum absolute atomic E-state index is 0.0551. The van der Waals surface area contributed by atoms with Crippen LogP contribution in [0.3, 0.4) is 0 Å². The zero-order chi connectivity index (χ0) is 16.8. The van der Waals surface area contributed by atoms with Crippen LogP contribution >= 0.6 is 0 Å². The van der Waals surface area contributed by atoms with Gasteiger partial charge in [-0.2, -0.15) is 0 Å². The molecule has 0 radical (unpaired) electrons. The minimum Gasteiger partial charge on any atom is -0.467 e. The van der Waals surface area contributed by atoms with Gasteiger partial charge in [-0.15, -0.1) is 0 Å². The number of ketones is 1. The van der Waals surface area contributed by atoms with E-state index in [0.717, 1.165) is 10.9 Å². The lowest BCUT2D eigenvalue weighted by molar-refractivity contribution is -0.143. The van der Waals surface area contributed by atoms with E-state index in [-0.39, 0.29) is 18.6 Å². The molecule has 0 aliphatic heterocycles. The van der Waals surface area contributed by atoms with Gasteiger partial charge in [0.15, 0.2) is 0 Å². The molecule has 2 aromatic rings. The van der Waals surface area contributed by atoms with Crippen LogP contribution in [-0.2, 0) is 14.3 Å². The minimum atomic E-state index is -0.858. The Morgan fingerprint density at radius 3 is 2.70 bits per heavy atom. The van der Waals surface area contributed by atoms with E-state index in [1.54, 1.807) is 6.07 Å². The molecule has 0 saturated heterocycles. The van der Waals surface area contributed by atoms with E-state index in [1.165, 1.54) is 20.2 Å². The highest BCUT2D eigenvalue weighted by Gasteiger charge is 2.22. The standard InChI is InChI=1S/C17H18N2O4/c1-11(20)7-8-15(17(22)23-2)19-16(21)13-9-12-5-3-4-6-14(12)18-10-13/h3-6,9-10,15H,7-8H2,1-2H3,(H,19,21)/t15-/m0/s1. The fourth-order valence-electron chi connectivity index (χ4n) is 2.18. The SMILES string of the molecule is COC(=O)[C@H](CCC(C)=O)NC(=O)c1cnc2ccccc2c1. The molecule has 120 valence electrons. The molecular weight excluding hydrogens is 296 g/mol. The molecule has 1 aromatic heterocycles. The number of fused-ring (bicyclic) bond motifs is 1. The third kappa shape index (κ3) is 4.35. The lowest BCUT2D eigenvalue weighted by atomic mass is 10.1. The maximum atomic E-state index is 12.3. The molecule has 23 heavy (non-hydrogen) atoms. The number of benzene rings is 1. The van der Waals surface area contributed by atoms with Crippen molar-refractivity contribution in [1.82, 2.24) is 10.3 Å². The summed E-state index contributed by atoms with van der Waals surface area (Å²) >= 11 is 0. The summed E-state index contributed by atoms with van der Waals surface area (Å²) < 4.78 is 4.67. The van der Waals surface area contributed by atoms with Gasteiger partial charge in [0.2, 0.25) is 0 Å². The molecule has 0 saturated carbocycles. The molecule has 0 bridgehead atoms. The van der Waals surface area contributed by atoms with Gasteiger partial charge in [-0.3, -0.25) is 9.78 Å². The van der Waals surface area contributed by atoms with E-state index in [2.05, 4.69) is 15.0 Å². The third-order valence-corrected chi connectivity index (χ3v) is 3.43. The summed E-state index contributed by atoms with van der Waals surface area (Å²) in [6, 6.07) is 8.27. The second-order valence-corrected chi connectivity index (χ2v) is 5.21. The van der Waals surface area contributed by atoms with E-state index < -0.39 is 17.9 Å². The Morgan fingerprint density at radius 2 is 2.00 bits per heavy atom. The maximum Gasteiger partial charge on any atom is 0.328 e. The van der Waals surface area contributed by atoms with Gasteiger partial charge in [-0.1, -0.05) is 18.2 Å². The Hall–Kier alpha value is -2.76. The van der Waals surface area contributed by atoms with Gasteiger partial charge in [-0.25, -0.2) is 4.79 Å². The van der Waals surface area contributed by atoms with Crippen molar-refractivity contribution in [2.24, 2.45) is 0 Å². The molecule has 1 amide bonds. The first-order valence-electron chi connectivity index (χ1n) is 7.24. The summed E-state index contributed by atoms with van der Waals surface area (Å²) in [5.74, 6) is -1.06. The number of methoxy groups -OCH3 is 1. The van der Waals surface area contributed by atoms with Crippen LogP contribution in [-0.4, -0.2) is 35.8 Å². The summed E-state index contributed by atoms with van der Waals surface area (Å²) in [4.78, 5) is 39.4. The number of hydrogen-bond donors (Lipinski definition) is 1. The summed E-state index contributed by atoms with van der Waals surface area (Å²) in [6.45, 7) is 1.43. The first-order valence-corrected chi connectivity index (χ1v) is 7.24. The smallest absolute Gasteiger partial charge is 0.328 e. The van der Waals surface area contributed by atoms with Crippen molar-refractivity contribution in [2.75, 3.05) is 7.11 Å². The van der Waals surface area contributed by atoms with Gasteiger partial charge < -0.3 is 14.8 Å². The van der Waals surface area contributed by atoms with Crippen LogP contribution in [0.4, 0.5) is 0 Å². The Labute approximate surface area is 133 Å². The third-order valence-electron chi connectivity index (χ3n) is 3.43. The lowest BCUT2D eigenvalue weighted by Crippen LogP contribution is -2.41. The number of carbonyl (C=O) groups is 3. The second-order valence-electron chi connectivity index (χ2n) is 5.21. The number of esters is 1. The number of amides is 1. The summed E-state index contributed by atoms with van der Waals surface area (Å²) in [5.41, 5.74) is 1.13. The van der Waals surface area contributed by atoms with Crippen LogP contribution in [0.15, 0.2) is 36.5 Å². The van der Waals surface area contributed by atoms with Gasteiger partial charge in [0.1, 0.15) is 11.8 Å². The molecule has 2 rings (SSSR count). The van der Waals surface area contributed by atoms with Gasteiger partial charge >= 0.3 is 5.97 Å². The second kappa shape index (κ2) is 7.49. The first-order chi connectivity index (χ1) is 11.0. The normalized spacial score (nSPS) is 11.7. The summed E-state index contributed by atoms with van der Waals surface area (Å²) in [6.07, 6.45) is 1.85. The molecule has 1 aromatic carbocycles. The molecule has 0 aliphatic rings. The number of nitrogens with one attached hydrogen (secondary N) is 1. The Kier molecular flexibility index (Phi) is 5.41. The number of pyridine rings is 1. The number of aromatic nitrogens is 1. The number of rotatable bonds is 6. The van der Waals surface area contributed by atoms with E-state index in [9.17, 15) is 14.4 Å². The lowest BCUT2D eigenvalue weighted by Gasteiger charge is -2.16. The van der Waals surface area contributed by atoms with E-state index in [0.29, 0.717) is 5.56 Å². The van der Waals surface area contributed by atoms with Gasteiger partial charge in [0.25, 0.3) is 5.91 Å². The van der Waals surface area contributed by atoms with Crippen molar-refractivity contribution in [3.63, 3.8) is 0 Å². The van der Waals surface area contributed by atoms with E-state index in [1.807, 2.05) is 24.3 Å². The predicted octanol–water partition coefficient (Wildman–Crippen LogP) is 1.88.